The van der Waals surface area contributed by atoms with Gasteiger partial charge < -0.3 is 10.2 Å². The highest BCUT2D eigenvalue weighted by molar-refractivity contribution is 4.63. The van der Waals surface area contributed by atoms with Crippen molar-refractivity contribution >= 4 is 0 Å². The first-order valence-electron chi connectivity index (χ1n) is 6.51. The van der Waals surface area contributed by atoms with Crippen LogP contribution < -0.4 is 0 Å². The van der Waals surface area contributed by atoms with E-state index in [1.54, 1.807) is 6.92 Å². The van der Waals surface area contributed by atoms with Crippen molar-refractivity contribution in [2.45, 2.75) is 71.3 Å². The second-order valence-corrected chi connectivity index (χ2v) is 4.59. The summed E-state index contributed by atoms with van der Waals surface area (Å²) in [5.74, 6) is 0.0839. The molecule has 0 aliphatic rings. The number of aliphatic hydroxyl groups excluding tert-OH is 2. The van der Waals surface area contributed by atoms with Gasteiger partial charge in [-0.2, -0.15) is 0 Å². The molecule has 0 spiro atoms. The van der Waals surface area contributed by atoms with Crippen LogP contribution in [0, 0.1) is 5.92 Å². The highest BCUT2D eigenvalue weighted by Crippen LogP contribution is 2.15. The average molecular weight is 216 g/mol. The van der Waals surface area contributed by atoms with Crippen LogP contribution in [-0.2, 0) is 0 Å². The Morgan fingerprint density at radius 3 is 1.93 bits per heavy atom. The van der Waals surface area contributed by atoms with Crippen LogP contribution in [0.5, 0.6) is 0 Å². The highest BCUT2D eigenvalue weighted by Gasteiger charge is 2.12. The molecule has 0 saturated carbocycles. The third-order valence-corrected chi connectivity index (χ3v) is 3.10. The van der Waals surface area contributed by atoms with Gasteiger partial charge in [-0.15, -0.1) is 0 Å². The minimum absolute atomic E-state index is 0.0839. The average Bonchev–Trinajstić information content (AvgIpc) is 2.21. The molecule has 2 heteroatoms. The molecule has 0 amide bonds. The molecular weight excluding hydrogens is 188 g/mol. The maximum Gasteiger partial charge on any atom is 0.0562 e. The number of unbranched alkanes of at least 4 members (excludes halogenated alkanes) is 6. The largest absolute Gasteiger partial charge is 0.396 e. The molecule has 0 saturated heterocycles. The molecule has 0 aliphatic heterocycles. The number of rotatable bonds is 10. The first-order chi connectivity index (χ1) is 7.22. The lowest BCUT2D eigenvalue weighted by Gasteiger charge is -2.16. The van der Waals surface area contributed by atoms with E-state index >= 15 is 0 Å². The van der Waals surface area contributed by atoms with E-state index in [1.807, 2.05) is 0 Å². The number of hydrogen-bond acceptors (Lipinski definition) is 2. The molecule has 2 nitrogen and oxygen atoms in total. The van der Waals surface area contributed by atoms with Gasteiger partial charge in [-0.25, -0.2) is 0 Å². The Bertz CT molecular complexity index is 124. The molecule has 2 N–H and O–H groups in total. The van der Waals surface area contributed by atoms with E-state index in [9.17, 15) is 5.11 Å². The monoisotopic (exact) mass is 216 g/mol. The first-order valence-corrected chi connectivity index (χ1v) is 6.51. The van der Waals surface area contributed by atoms with Gasteiger partial charge in [0.1, 0.15) is 0 Å². The third kappa shape index (κ3) is 8.88. The topological polar surface area (TPSA) is 40.5 Å². The van der Waals surface area contributed by atoms with E-state index < -0.39 is 0 Å². The Balaban J connectivity index is 3.22. The van der Waals surface area contributed by atoms with E-state index in [2.05, 4.69) is 6.92 Å². The molecule has 0 aromatic heterocycles. The minimum atomic E-state index is -0.366. The van der Waals surface area contributed by atoms with Gasteiger partial charge >= 0.3 is 0 Å². The van der Waals surface area contributed by atoms with Crippen molar-refractivity contribution in [1.82, 2.24) is 0 Å². The van der Waals surface area contributed by atoms with Crippen molar-refractivity contribution in [1.29, 1.82) is 0 Å². The summed E-state index contributed by atoms with van der Waals surface area (Å²) in [5.41, 5.74) is 0. The normalized spacial score (nSPS) is 15.2. The van der Waals surface area contributed by atoms with Crippen LogP contribution in [0.1, 0.15) is 65.2 Å². The quantitative estimate of drug-likeness (QED) is 0.551. The van der Waals surface area contributed by atoms with E-state index in [0.717, 1.165) is 12.8 Å². The van der Waals surface area contributed by atoms with Gasteiger partial charge in [0, 0.05) is 12.5 Å². The van der Waals surface area contributed by atoms with Crippen LogP contribution in [0.25, 0.3) is 0 Å². The van der Waals surface area contributed by atoms with Crippen molar-refractivity contribution < 1.29 is 10.2 Å². The van der Waals surface area contributed by atoms with Crippen molar-refractivity contribution in [2.24, 2.45) is 5.92 Å². The summed E-state index contributed by atoms with van der Waals surface area (Å²) in [5, 5.41) is 18.3. The Morgan fingerprint density at radius 1 is 0.933 bits per heavy atom. The molecule has 0 aromatic rings. The van der Waals surface area contributed by atoms with Gasteiger partial charge in [-0.1, -0.05) is 51.9 Å². The van der Waals surface area contributed by atoms with Crippen molar-refractivity contribution in [3.63, 3.8) is 0 Å². The SMILES string of the molecule is CCCCCCCCCC(CO)C(C)O. The maximum atomic E-state index is 9.32. The van der Waals surface area contributed by atoms with Crippen molar-refractivity contribution in [3.05, 3.63) is 0 Å². The standard InChI is InChI=1S/C13H28O2/c1-3-4-5-6-7-8-9-10-13(11-14)12(2)15/h12-15H,3-11H2,1-2H3. The second kappa shape index (κ2) is 10.4. The summed E-state index contributed by atoms with van der Waals surface area (Å²) in [6.45, 7) is 4.12. The number of hydrogen-bond donors (Lipinski definition) is 2. The zero-order valence-electron chi connectivity index (χ0n) is 10.4. The van der Waals surface area contributed by atoms with Crippen LogP contribution in [0.4, 0.5) is 0 Å². The molecule has 2 unspecified atom stereocenters. The highest BCUT2D eigenvalue weighted by atomic mass is 16.3. The molecule has 0 aromatic carbocycles. The molecule has 2 atom stereocenters. The van der Waals surface area contributed by atoms with Gasteiger partial charge in [0.05, 0.1) is 6.10 Å². The molecule has 0 bridgehead atoms. The van der Waals surface area contributed by atoms with Gasteiger partial charge in [-0.05, 0) is 13.3 Å². The zero-order chi connectivity index (χ0) is 11.5. The second-order valence-electron chi connectivity index (χ2n) is 4.59. The summed E-state index contributed by atoms with van der Waals surface area (Å²) in [7, 11) is 0. The fourth-order valence-electron chi connectivity index (χ4n) is 1.85. The first kappa shape index (κ1) is 14.9. The van der Waals surface area contributed by atoms with Crippen LogP contribution in [0.2, 0.25) is 0 Å². The lowest BCUT2D eigenvalue weighted by atomic mass is 9.96. The van der Waals surface area contributed by atoms with Gasteiger partial charge in [0.25, 0.3) is 0 Å². The lowest BCUT2D eigenvalue weighted by molar-refractivity contribution is 0.0741. The maximum absolute atomic E-state index is 9.32. The Labute approximate surface area is 94.7 Å². The molecular formula is C13H28O2. The van der Waals surface area contributed by atoms with Crippen LogP contribution in [-0.4, -0.2) is 22.9 Å². The fourth-order valence-corrected chi connectivity index (χ4v) is 1.85. The van der Waals surface area contributed by atoms with Crippen molar-refractivity contribution in [2.75, 3.05) is 6.61 Å². The minimum Gasteiger partial charge on any atom is -0.396 e. The zero-order valence-corrected chi connectivity index (χ0v) is 10.4. The summed E-state index contributed by atoms with van der Waals surface area (Å²) < 4.78 is 0. The molecule has 0 aliphatic carbocycles. The predicted molar refractivity (Wildman–Crippen MR) is 64.9 cm³/mol. The Kier molecular flexibility index (Phi) is 10.4. The molecule has 0 rings (SSSR count). The fraction of sp³-hybridized carbons (Fsp3) is 1.00. The molecule has 0 fully saturated rings. The third-order valence-electron chi connectivity index (χ3n) is 3.10. The Morgan fingerprint density at radius 2 is 1.47 bits per heavy atom. The van der Waals surface area contributed by atoms with Crippen LogP contribution in [0.15, 0.2) is 0 Å². The summed E-state index contributed by atoms with van der Waals surface area (Å²) in [4.78, 5) is 0. The van der Waals surface area contributed by atoms with E-state index in [0.29, 0.717) is 0 Å². The smallest absolute Gasteiger partial charge is 0.0562 e. The van der Waals surface area contributed by atoms with Gasteiger partial charge in [0.2, 0.25) is 0 Å². The summed E-state index contributed by atoms with van der Waals surface area (Å²) in [6.07, 6.45) is 9.63. The lowest BCUT2D eigenvalue weighted by Crippen LogP contribution is -2.20. The van der Waals surface area contributed by atoms with Gasteiger partial charge in [0.15, 0.2) is 0 Å². The van der Waals surface area contributed by atoms with Gasteiger partial charge in [-0.3, -0.25) is 0 Å². The van der Waals surface area contributed by atoms with E-state index in [-0.39, 0.29) is 18.6 Å². The predicted octanol–water partition coefficient (Wildman–Crippen LogP) is 3.12. The number of aliphatic hydroxyl groups is 2. The molecule has 15 heavy (non-hydrogen) atoms. The summed E-state index contributed by atoms with van der Waals surface area (Å²) >= 11 is 0. The molecule has 0 radical (unpaired) electrons. The van der Waals surface area contributed by atoms with E-state index in [1.165, 1.54) is 38.5 Å². The van der Waals surface area contributed by atoms with Crippen LogP contribution >= 0.6 is 0 Å². The molecule has 92 valence electrons. The summed E-state index contributed by atoms with van der Waals surface area (Å²) in [6, 6.07) is 0. The van der Waals surface area contributed by atoms with Crippen LogP contribution in [0.3, 0.4) is 0 Å². The van der Waals surface area contributed by atoms with E-state index in [4.69, 9.17) is 5.11 Å². The van der Waals surface area contributed by atoms with Crippen molar-refractivity contribution in [3.8, 4) is 0 Å². The Hall–Kier alpha value is -0.0800. The molecule has 0 heterocycles.